The van der Waals surface area contributed by atoms with Crippen LogP contribution in [0, 0.1) is 0 Å². The molecule has 4 heterocycles. The summed E-state index contributed by atoms with van der Waals surface area (Å²) < 4.78 is 11.3. The maximum atomic E-state index is 14.0. The zero-order chi connectivity index (χ0) is 40.9. The lowest BCUT2D eigenvalue weighted by molar-refractivity contribution is -0.136. The van der Waals surface area contributed by atoms with Gasteiger partial charge in [0.1, 0.15) is 23.9 Å². The monoisotopic (exact) mass is 814 g/mol. The van der Waals surface area contributed by atoms with Crippen molar-refractivity contribution in [2.75, 3.05) is 70.5 Å². The number of carbonyl (C=O) groups excluding carboxylic acids is 6. The van der Waals surface area contributed by atoms with Gasteiger partial charge in [0.05, 0.1) is 36.0 Å². The third-order valence-electron chi connectivity index (χ3n) is 11.2. The maximum absolute atomic E-state index is 14.0. The third-order valence-corrected chi connectivity index (χ3v) is 11.4. The molecular formula is C41H47ClN8O8. The molecule has 3 aliphatic heterocycles. The van der Waals surface area contributed by atoms with E-state index in [0.717, 1.165) is 28.4 Å². The molecule has 7 rings (SSSR count). The van der Waals surface area contributed by atoms with Gasteiger partial charge in [-0.1, -0.05) is 43.6 Å². The summed E-state index contributed by atoms with van der Waals surface area (Å²) in [6.45, 7) is 8.19. The molecule has 0 spiro atoms. The molecule has 1 aliphatic carbocycles. The van der Waals surface area contributed by atoms with E-state index in [-0.39, 0.29) is 48.8 Å². The highest BCUT2D eigenvalue weighted by Crippen LogP contribution is 2.44. The van der Waals surface area contributed by atoms with Gasteiger partial charge in [-0.05, 0) is 54.5 Å². The average molecular weight is 815 g/mol. The number of anilines is 1. The molecular weight excluding hydrogens is 768 g/mol. The molecule has 3 aromatic rings. The first-order chi connectivity index (χ1) is 28.0. The van der Waals surface area contributed by atoms with Gasteiger partial charge in [-0.2, -0.15) is 0 Å². The number of nitrogens with zero attached hydrogens (tertiary/aromatic N) is 5. The van der Waals surface area contributed by atoms with Gasteiger partial charge in [0.2, 0.25) is 17.7 Å². The van der Waals surface area contributed by atoms with Crippen LogP contribution in [0.15, 0.2) is 48.8 Å². The Bertz CT molecular complexity index is 2070. The van der Waals surface area contributed by atoms with Crippen LogP contribution in [0.2, 0.25) is 5.02 Å². The summed E-state index contributed by atoms with van der Waals surface area (Å²) in [5.41, 5.74) is 3.27. The second-order valence-corrected chi connectivity index (χ2v) is 15.5. The number of aromatic nitrogens is 2. The molecule has 6 amide bonds. The van der Waals surface area contributed by atoms with E-state index in [4.69, 9.17) is 21.1 Å². The number of rotatable bonds is 15. The predicted octanol–water partition coefficient (Wildman–Crippen LogP) is 2.38. The van der Waals surface area contributed by atoms with Gasteiger partial charge in [0, 0.05) is 62.8 Å². The molecule has 4 atom stereocenters. The molecule has 3 N–H and O–H groups in total. The Balaban J connectivity index is 0.834. The Labute approximate surface area is 341 Å². The molecule has 17 heteroatoms. The van der Waals surface area contributed by atoms with E-state index < -0.39 is 48.1 Å². The van der Waals surface area contributed by atoms with E-state index in [1.165, 1.54) is 23.8 Å². The quantitative estimate of drug-likeness (QED) is 0.150. The summed E-state index contributed by atoms with van der Waals surface area (Å²) in [6, 6.07) is 10.7. The summed E-state index contributed by atoms with van der Waals surface area (Å²) >= 11 is 6.18. The molecule has 0 radical (unpaired) electrons. The van der Waals surface area contributed by atoms with Gasteiger partial charge in [-0.25, -0.2) is 9.97 Å². The fourth-order valence-electron chi connectivity index (χ4n) is 8.23. The minimum atomic E-state index is -1.11. The molecule has 1 aromatic heterocycles. The second-order valence-electron chi connectivity index (χ2n) is 15.0. The van der Waals surface area contributed by atoms with Crippen molar-refractivity contribution in [1.29, 1.82) is 0 Å². The lowest BCUT2D eigenvalue weighted by Gasteiger charge is -2.38. The number of hydrogen-bond acceptors (Lipinski definition) is 12. The molecule has 0 saturated carbocycles. The van der Waals surface area contributed by atoms with Crippen LogP contribution < -0.4 is 25.6 Å². The first-order valence-corrected chi connectivity index (χ1v) is 20.1. The SMILES string of the molecule is C[C@@H]1C[C@@H](C)c2c1ncnc2N1CCN(C(=O)[C@H](CNCCOCCNC(=O)COc2cccc3c2C(=O)N(C2CCC(=O)NC2=O)C3=O)c2ccc(Cl)cc2)CC1. The lowest BCUT2D eigenvalue weighted by atomic mass is 9.97. The highest BCUT2D eigenvalue weighted by molar-refractivity contribution is 6.30. The zero-order valence-electron chi connectivity index (χ0n) is 32.5. The van der Waals surface area contributed by atoms with E-state index in [9.17, 15) is 28.8 Å². The van der Waals surface area contributed by atoms with Gasteiger partial charge in [-0.3, -0.25) is 39.0 Å². The number of ether oxygens (including phenoxy) is 2. The van der Waals surface area contributed by atoms with Crippen molar-refractivity contribution in [2.45, 2.75) is 56.9 Å². The molecule has 2 aromatic carbocycles. The van der Waals surface area contributed by atoms with E-state index >= 15 is 0 Å². The number of benzene rings is 2. The molecule has 58 heavy (non-hydrogen) atoms. The highest BCUT2D eigenvalue weighted by Gasteiger charge is 2.46. The fourth-order valence-corrected chi connectivity index (χ4v) is 8.36. The number of hydrogen-bond donors (Lipinski definition) is 3. The average Bonchev–Trinajstić information content (AvgIpc) is 3.66. The third kappa shape index (κ3) is 8.68. The van der Waals surface area contributed by atoms with Gasteiger partial charge < -0.3 is 29.9 Å². The number of amides is 6. The number of nitrogens with one attached hydrogen (secondary N) is 3. The van der Waals surface area contributed by atoms with Gasteiger partial charge in [-0.15, -0.1) is 0 Å². The van der Waals surface area contributed by atoms with E-state index in [1.807, 2.05) is 17.0 Å². The molecule has 4 aliphatic rings. The molecule has 1 unspecified atom stereocenters. The lowest BCUT2D eigenvalue weighted by Crippen LogP contribution is -2.54. The van der Waals surface area contributed by atoms with E-state index in [2.05, 4.69) is 44.7 Å². The van der Waals surface area contributed by atoms with Crippen molar-refractivity contribution >= 4 is 52.9 Å². The summed E-state index contributed by atoms with van der Waals surface area (Å²) in [5.74, 6) is -1.57. The van der Waals surface area contributed by atoms with Crippen LogP contribution >= 0.6 is 11.6 Å². The van der Waals surface area contributed by atoms with Crippen LogP contribution in [0.3, 0.4) is 0 Å². The van der Waals surface area contributed by atoms with Gasteiger partial charge >= 0.3 is 0 Å². The van der Waals surface area contributed by atoms with E-state index in [1.54, 1.807) is 18.5 Å². The predicted molar refractivity (Wildman–Crippen MR) is 212 cm³/mol. The number of halogens is 1. The number of imide groups is 2. The Kier molecular flexibility index (Phi) is 12.6. The number of carbonyl (C=O) groups is 6. The second kappa shape index (κ2) is 18.0. The Morgan fingerprint density at radius 2 is 1.71 bits per heavy atom. The van der Waals surface area contributed by atoms with Crippen molar-refractivity contribution in [2.24, 2.45) is 0 Å². The number of fused-ring (bicyclic) bond motifs is 2. The molecule has 0 bridgehead atoms. The Morgan fingerprint density at radius 1 is 0.948 bits per heavy atom. The van der Waals surface area contributed by atoms with Crippen molar-refractivity contribution in [3.63, 3.8) is 0 Å². The maximum Gasteiger partial charge on any atom is 0.266 e. The van der Waals surface area contributed by atoms with Crippen molar-refractivity contribution in [1.82, 2.24) is 35.7 Å². The van der Waals surface area contributed by atoms with Crippen molar-refractivity contribution < 1.29 is 38.2 Å². The molecule has 306 valence electrons. The summed E-state index contributed by atoms with van der Waals surface area (Å²) in [7, 11) is 0. The first kappa shape index (κ1) is 40.7. The van der Waals surface area contributed by atoms with Gasteiger partial charge in [0.15, 0.2) is 6.61 Å². The van der Waals surface area contributed by atoms with Crippen LogP contribution in [0.25, 0.3) is 0 Å². The highest BCUT2D eigenvalue weighted by atomic mass is 35.5. The van der Waals surface area contributed by atoms with Crippen molar-refractivity contribution in [3.8, 4) is 5.75 Å². The topological polar surface area (TPSA) is 192 Å². The zero-order valence-corrected chi connectivity index (χ0v) is 33.3. The summed E-state index contributed by atoms with van der Waals surface area (Å²) in [4.78, 5) is 91.1. The largest absolute Gasteiger partial charge is 0.483 e. The van der Waals surface area contributed by atoms with Crippen LogP contribution in [0.4, 0.5) is 5.82 Å². The van der Waals surface area contributed by atoms with Gasteiger partial charge in [0.25, 0.3) is 17.7 Å². The van der Waals surface area contributed by atoms with Crippen molar-refractivity contribution in [3.05, 3.63) is 81.8 Å². The minimum absolute atomic E-state index is 0.00491. The molecule has 2 saturated heterocycles. The van der Waals surface area contributed by atoms with E-state index in [0.29, 0.717) is 62.7 Å². The Morgan fingerprint density at radius 3 is 2.47 bits per heavy atom. The molecule has 2 fully saturated rings. The van der Waals surface area contributed by atoms with Crippen LogP contribution in [0.5, 0.6) is 5.75 Å². The number of piperazine rings is 1. The minimum Gasteiger partial charge on any atom is -0.483 e. The normalized spacial score (nSPS) is 20.8. The molecule has 16 nitrogen and oxygen atoms in total. The fraction of sp³-hybridized carbons (Fsp3) is 0.463. The van der Waals surface area contributed by atoms with Crippen LogP contribution in [-0.2, 0) is 23.9 Å². The summed E-state index contributed by atoms with van der Waals surface area (Å²) in [6.07, 6.45) is 2.76. The first-order valence-electron chi connectivity index (χ1n) is 19.7. The standard InChI is InChI=1S/C41H47ClN8O8/c1-24-20-25(2)36-34(24)37(46-23-45-36)48-14-16-49(17-15-48)39(54)29(26-6-8-27(42)9-7-26)21-43-12-18-57-19-13-44-33(52)22-58-31-5-3-4-28-35(31)41(56)50(40(28)55)30-10-11-32(51)47-38(30)53/h3-9,23-25,29-30,43H,10-22H2,1-2H3,(H,44,52)(H,47,51,53)/t24-,25-,29-,30?/m1/s1. The summed E-state index contributed by atoms with van der Waals surface area (Å²) in [5, 5.41) is 8.81. The van der Waals surface area contributed by atoms with Crippen LogP contribution in [0.1, 0.15) is 88.4 Å². The smallest absolute Gasteiger partial charge is 0.266 e. The van der Waals surface area contributed by atoms with Crippen LogP contribution in [-0.4, -0.2) is 127 Å². The Hall–Kier alpha value is -5.45. The number of piperidine rings is 1.